The van der Waals surface area contributed by atoms with Crippen molar-refractivity contribution in [3.8, 4) is 5.75 Å². The molecule has 8 heteroatoms. The zero-order valence-electron chi connectivity index (χ0n) is 14.1. The highest BCUT2D eigenvalue weighted by Crippen LogP contribution is 2.32. The van der Waals surface area contributed by atoms with Gasteiger partial charge in [0.05, 0.1) is 15.9 Å². The third kappa shape index (κ3) is 4.57. The average molecular weight is 365 g/mol. The molecule has 0 radical (unpaired) electrons. The summed E-state index contributed by atoms with van der Waals surface area (Å²) < 4.78 is 5.74. The Bertz CT molecular complexity index is 976. The van der Waals surface area contributed by atoms with E-state index < -0.39 is 9.85 Å². The molecule has 0 saturated carbocycles. The standard InChI is InChI=1S/C19H15N3O5/c23-21(24)16-9-10-18(19(12-16)22(25)26)20-15-7-4-8-17(11-15)27-13-14-5-2-1-3-6-14/h1-12,20H,13H2. The van der Waals surface area contributed by atoms with Crippen molar-refractivity contribution in [3.05, 3.63) is 98.6 Å². The van der Waals surface area contributed by atoms with Gasteiger partial charge in [0.25, 0.3) is 11.4 Å². The topological polar surface area (TPSA) is 108 Å². The van der Waals surface area contributed by atoms with Crippen LogP contribution in [-0.2, 0) is 6.61 Å². The molecule has 0 amide bonds. The first-order valence-electron chi connectivity index (χ1n) is 7.99. The molecule has 8 nitrogen and oxygen atoms in total. The first-order chi connectivity index (χ1) is 13.0. The van der Waals surface area contributed by atoms with Crippen molar-refractivity contribution in [2.45, 2.75) is 6.61 Å². The van der Waals surface area contributed by atoms with Crippen LogP contribution in [0, 0.1) is 20.2 Å². The molecule has 136 valence electrons. The third-order valence-electron chi connectivity index (χ3n) is 3.75. The van der Waals surface area contributed by atoms with Crippen LogP contribution in [0.5, 0.6) is 5.75 Å². The zero-order chi connectivity index (χ0) is 19.2. The summed E-state index contributed by atoms with van der Waals surface area (Å²) >= 11 is 0. The Kier molecular flexibility index (Phi) is 5.27. The van der Waals surface area contributed by atoms with Crippen molar-refractivity contribution in [1.29, 1.82) is 0 Å². The molecule has 27 heavy (non-hydrogen) atoms. The number of hydrogen-bond acceptors (Lipinski definition) is 6. The van der Waals surface area contributed by atoms with Crippen LogP contribution in [0.3, 0.4) is 0 Å². The fraction of sp³-hybridized carbons (Fsp3) is 0.0526. The minimum absolute atomic E-state index is 0.158. The maximum atomic E-state index is 11.2. The van der Waals surface area contributed by atoms with E-state index in [1.54, 1.807) is 24.3 Å². The largest absolute Gasteiger partial charge is 0.489 e. The number of anilines is 2. The van der Waals surface area contributed by atoms with E-state index in [4.69, 9.17) is 4.74 Å². The summed E-state index contributed by atoms with van der Waals surface area (Å²) in [7, 11) is 0. The maximum absolute atomic E-state index is 11.2. The Morgan fingerprint density at radius 3 is 2.33 bits per heavy atom. The van der Waals surface area contributed by atoms with Crippen molar-refractivity contribution >= 4 is 22.7 Å². The molecule has 0 fully saturated rings. The first kappa shape index (κ1) is 17.9. The molecule has 0 atom stereocenters. The van der Waals surface area contributed by atoms with E-state index in [0.717, 1.165) is 11.6 Å². The van der Waals surface area contributed by atoms with Gasteiger partial charge in [0.15, 0.2) is 0 Å². The molecule has 0 unspecified atom stereocenters. The molecule has 3 rings (SSSR count). The van der Waals surface area contributed by atoms with Gasteiger partial charge in [-0.3, -0.25) is 20.2 Å². The van der Waals surface area contributed by atoms with Crippen molar-refractivity contribution in [2.24, 2.45) is 0 Å². The number of rotatable bonds is 7. The van der Waals surface area contributed by atoms with E-state index >= 15 is 0 Å². The quantitative estimate of drug-likeness (QED) is 0.475. The van der Waals surface area contributed by atoms with E-state index in [1.165, 1.54) is 12.1 Å². The molecule has 0 aliphatic carbocycles. The van der Waals surface area contributed by atoms with Gasteiger partial charge in [-0.2, -0.15) is 0 Å². The zero-order valence-corrected chi connectivity index (χ0v) is 14.1. The highest BCUT2D eigenvalue weighted by Gasteiger charge is 2.19. The number of nitro groups is 2. The van der Waals surface area contributed by atoms with E-state index in [-0.39, 0.29) is 17.1 Å². The van der Waals surface area contributed by atoms with Crippen LogP contribution in [0.1, 0.15) is 5.56 Å². The molecule has 1 N–H and O–H groups in total. The van der Waals surface area contributed by atoms with Crippen LogP contribution in [0.2, 0.25) is 0 Å². The number of nitrogens with zero attached hydrogens (tertiary/aromatic N) is 2. The van der Waals surface area contributed by atoms with Crippen LogP contribution in [0.25, 0.3) is 0 Å². The van der Waals surface area contributed by atoms with Crippen molar-refractivity contribution in [2.75, 3.05) is 5.32 Å². The van der Waals surface area contributed by atoms with E-state index in [0.29, 0.717) is 18.0 Å². The van der Waals surface area contributed by atoms with Gasteiger partial charge >= 0.3 is 0 Å². The van der Waals surface area contributed by atoms with Gasteiger partial charge in [0.1, 0.15) is 18.0 Å². The van der Waals surface area contributed by atoms with Gasteiger partial charge in [-0.25, -0.2) is 0 Å². The molecule has 0 saturated heterocycles. The smallest absolute Gasteiger partial charge is 0.299 e. The predicted octanol–water partition coefficient (Wildman–Crippen LogP) is 4.83. The Morgan fingerprint density at radius 1 is 0.852 bits per heavy atom. The number of benzene rings is 3. The molecule has 0 aliphatic rings. The first-order valence-corrected chi connectivity index (χ1v) is 7.99. The van der Waals surface area contributed by atoms with Gasteiger partial charge in [-0.1, -0.05) is 36.4 Å². The maximum Gasteiger partial charge on any atom is 0.299 e. The lowest BCUT2D eigenvalue weighted by Crippen LogP contribution is -1.99. The molecule has 3 aromatic carbocycles. The van der Waals surface area contributed by atoms with Crippen LogP contribution in [0.15, 0.2) is 72.8 Å². The van der Waals surface area contributed by atoms with Crippen molar-refractivity contribution < 1.29 is 14.6 Å². The van der Waals surface area contributed by atoms with Crippen LogP contribution in [-0.4, -0.2) is 9.85 Å². The molecule has 0 aliphatic heterocycles. The minimum Gasteiger partial charge on any atom is -0.489 e. The second-order valence-corrected chi connectivity index (χ2v) is 5.64. The second-order valence-electron chi connectivity index (χ2n) is 5.64. The lowest BCUT2D eigenvalue weighted by Gasteiger charge is -2.10. The molecular weight excluding hydrogens is 350 g/mol. The van der Waals surface area contributed by atoms with Crippen LogP contribution < -0.4 is 10.1 Å². The van der Waals surface area contributed by atoms with Gasteiger partial charge < -0.3 is 10.1 Å². The molecule has 0 spiro atoms. The lowest BCUT2D eigenvalue weighted by atomic mass is 10.2. The summed E-state index contributed by atoms with van der Waals surface area (Å²) in [6.07, 6.45) is 0. The van der Waals surface area contributed by atoms with E-state index in [9.17, 15) is 20.2 Å². The monoisotopic (exact) mass is 365 g/mol. The highest BCUT2D eigenvalue weighted by atomic mass is 16.6. The Labute approximate surface area is 154 Å². The summed E-state index contributed by atoms with van der Waals surface area (Å²) in [6.45, 7) is 0.391. The molecule has 0 aromatic heterocycles. The molecular formula is C19H15N3O5. The Morgan fingerprint density at radius 2 is 1.63 bits per heavy atom. The summed E-state index contributed by atoms with van der Waals surface area (Å²) in [5, 5.41) is 25.0. The predicted molar refractivity (Wildman–Crippen MR) is 100 cm³/mol. The normalized spacial score (nSPS) is 10.2. The summed E-state index contributed by atoms with van der Waals surface area (Å²) in [6, 6.07) is 20.1. The average Bonchev–Trinajstić information content (AvgIpc) is 2.67. The SMILES string of the molecule is O=[N+]([O-])c1ccc(Nc2cccc(OCc3ccccc3)c2)c([N+](=O)[O-])c1. The number of non-ortho nitro benzene ring substituents is 1. The fourth-order valence-corrected chi connectivity index (χ4v) is 2.45. The lowest BCUT2D eigenvalue weighted by molar-refractivity contribution is -0.393. The van der Waals surface area contributed by atoms with Gasteiger partial charge in [-0.15, -0.1) is 0 Å². The van der Waals surface area contributed by atoms with Crippen molar-refractivity contribution in [1.82, 2.24) is 0 Å². The minimum atomic E-state index is -0.672. The van der Waals surface area contributed by atoms with Gasteiger partial charge in [-0.05, 0) is 23.8 Å². The Hall–Kier alpha value is -3.94. The number of nitro benzene ring substituents is 2. The second kappa shape index (κ2) is 7.96. The number of nitrogens with one attached hydrogen (secondary N) is 1. The summed E-state index contributed by atoms with van der Waals surface area (Å²) in [5.41, 5.74) is 1.03. The van der Waals surface area contributed by atoms with Crippen molar-refractivity contribution in [3.63, 3.8) is 0 Å². The highest BCUT2D eigenvalue weighted by molar-refractivity contribution is 5.72. The number of ether oxygens (including phenoxy) is 1. The van der Waals surface area contributed by atoms with Crippen LogP contribution >= 0.6 is 0 Å². The Balaban J connectivity index is 1.78. The third-order valence-corrected chi connectivity index (χ3v) is 3.75. The summed E-state index contributed by atoms with van der Waals surface area (Å²) in [4.78, 5) is 20.7. The van der Waals surface area contributed by atoms with E-state index in [1.807, 2.05) is 30.3 Å². The molecule has 3 aromatic rings. The number of hydrogen-bond donors (Lipinski definition) is 1. The summed E-state index contributed by atoms with van der Waals surface area (Å²) in [5.74, 6) is 0.591. The van der Waals surface area contributed by atoms with Gasteiger partial charge in [0.2, 0.25) is 0 Å². The van der Waals surface area contributed by atoms with Gasteiger partial charge in [0, 0.05) is 17.8 Å². The van der Waals surface area contributed by atoms with E-state index in [2.05, 4.69) is 5.32 Å². The molecule has 0 bridgehead atoms. The molecule has 0 heterocycles. The fourth-order valence-electron chi connectivity index (χ4n) is 2.45. The van der Waals surface area contributed by atoms with Crippen LogP contribution in [0.4, 0.5) is 22.7 Å².